The Morgan fingerprint density at radius 3 is 2.67 bits per heavy atom. The highest BCUT2D eigenvalue weighted by atomic mass is 16.5. The fourth-order valence-corrected chi connectivity index (χ4v) is 2.49. The Balaban J connectivity index is 2.21. The van der Waals surface area contributed by atoms with Crippen molar-refractivity contribution in [3.05, 3.63) is 40.8 Å². The zero-order valence-corrected chi connectivity index (χ0v) is 14.0. The lowest BCUT2D eigenvalue weighted by Gasteiger charge is -2.19. The van der Waals surface area contributed by atoms with Crippen LogP contribution in [0.15, 0.2) is 35.3 Å². The summed E-state index contributed by atoms with van der Waals surface area (Å²) in [7, 11) is 1.28. The van der Waals surface area contributed by atoms with E-state index in [2.05, 4.69) is 10.3 Å². The number of amides is 1. The first-order valence-corrected chi connectivity index (χ1v) is 7.74. The number of hydrogen-bond donors (Lipinski definition) is 1. The third-order valence-electron chi connectivity index (χ3n) is 3.58. The topological polar surface area (TPSA) is 90.3 Å². The van der Waals surface area contributed by atoms with E-state index in [1.165, 1.54) is 17.9 Å². The van der Waals surface area contributed by atoms with Gasteiger partial charge in [-0.05, 0) is 24.5 Å². The Labute approximate surface area is 139 Å². The first-order valence-electron chi connectivity index (χ1n) is 7.74. The number of aromatic nitrogens is 2. The second kappa shape index (κ2) is 7.72. The van der Waals surface area contributed by atoms with Crippen molar-refractivity contribution in [1.29, 1.82) is 0 Å². The van der Waals surface area contributed by atoms with E-state index in [4.69, 9.17) is 4.74 Å². The second-order valence-corrected chi connectivity index (χ2v) is 5.94. The van der Waals surface area contributed by atoms with Gasteiger partial charge in [-0.1, -0.05) is 26.0 Å². The van der Waals surface area contributed by atoms with Crippen LogP contribution >= 0.6 is 0 Å². The maximum atomic E-state index is 12.3. The summed E-state index contributed by atoms with van der Waals surface area (Å²) in [6.45, 7) is 3.71. The molecule has 0 fully saturated rings. The molecule has 1 N–H and O–H groups in total. The molecule has 24 heavy (non-hydrogen) atoms. The van der Waals surface area contributed by atoms with Crippen LogP contribution in [0.2, 0.25) is 0 Å². The summed E-state index contributed by atoms with van der Waals surface area (Å²) in [6, 6.07) is 6.34. The number of carbonyl (C=O) groups is 2. The van der Waals surface area contributed by atoms with Gasteiger partial charge in [0.2, 0.25) is 5.91 Å². The Morgan fingerprint density at radius 1 is 1.29 bits per heavy atom. The molecule has 0 spiro atoms. The molecule has 7 nitrogen and oxygen atoms in total. The van der Waals surface area contributed by atoms with Crippen molar-refractivity contribution in [2.24, 2.45) is 5.92 Å². The van der Waals surface area contributed by atoms with E-state index in [0.29, 0.717) is 17.5 Å². The predicted octanol–water partition coefficient (Wildman–Crippen LogP) is 1.10. The number of esters is 1. The van der Waals surface area contributed by atoms with Crippen LogP contribution < -0.4 is 10.9 Å². The Morgan fingerprint density at radius 2 is 2.00 bits per heavy atom. The highest BCUT2D eigenvalue weighted by Crippen LogP contribution is 2.09. The second-order valence-electron chi connectivity index (χ2n) is 5.94. The third kappa shape index (κ3) is 4.18. The minimum Gasteiger partial charge on any atom is -0.467 e. The Kier molecular flexibility index (Phi) is 5.68. The molecule has 2 rings (SSSR count). The minimum absolute atomic E-state index is 0.187. The molecule has 0 aliphatic heterocycles. The molecule has 1 heterocycles. The van der Waals surface area contributed by atoms with E-state index in [0.717, 1.165) is 0 Å². The SMILES string of the molecule is COC(=O)C(CC(C)C)NC(=O)Cn1c(=O)cnc2ccccc21. The summed E-state index contributed by atoms with van der Waals surface area (Å²) < 4.78 is 6.06. The standard InChI is InChI=1S/C17H21N3O4/c1-11(2)8-13(17(23)24-3)19-15(21)10-20-14-7-5-4-6-12(14)18-9-16(20)22/h4-7,9,11,13H,8,10H2,1-3H3,(H,19,21). The van der Waals surface area contributed by atoms with Crippen LogP contribution in [0.4, 0.5) is 0 Å². The predicted molar refractivity (Wildman–Crippen MR) is 89.4 cm³/mol. The van der Waals surface area contributed by atoms with E-state index in [-0.39, 0.29) is 18.0 Å². The van der Waals surface area contributed by atoms with E-state index >= 15 is 0 Å². The van der Waals surface area contributed by atoms with Gasteiger partial charge in [0.15, 0.2) is 0 Å². The smallest absolute Gasteiger partial charge is 0.328 e. The quantitative estimate of drug-likeness (QED) is 0.801. The molecular formula is C17H21N3O4. The molecule has 7 heteroatoms. The van der Waals surface area contributed by atoms with Crippen molar-refractivity contribution in [1.82, 2.24) is 14.9 Å². The van der Waals surface area contributed by atoms with Crippen molar-refractivity contribution >= 4 is 22.9 Å². The highest BCUT2D eigenvalue weighted by molar-refractivity contribution is 5.85. The van der Waals surface area contributed by atoms with Crippen molar-refractivity contribution in [2.75, 3.05) is 7.11 Å². The van der Waals surface area contributed by atoms with E-state index in [9.17, 15) is 14.4 Å². The van der Waals surface area contributed by atoms with Crippen molar-refractivity contribution < 1.29 is 14.3 Å². The zero-order chi connectivity index (χ0) is 17.7. The Hall–Kier alpha value is -2.70. The molecule has 0 bridgehead atoms. The lowest BCUT2D eigenvalue weighted by atomic mass is 10.0. The summed E-state index contributed by atoms with van der Waals surface area (Å²) >= 11 is 0. The van der Waals surface area contributed by atoms with Gasteiger partial charge in [0.1, 0.15) is 12.6 Å². The van der Waals surface area contributed by atoms with Crippen molar-refractivity contribution in [3.8, 4) is 0 Å². The summed E-state index contributed by atoms with van der Waals surface area (Å²) in [5, 5.41) is 2.65. The molecule has 128 valence electrons. The van der Waals surface area contributed by atoms with Gasteiger partial charge in [-0.2, -0.15) is 0 Å². The minimum atomic E-state index is -0.730. The van der Waals surface area contributed by atoms with Crippen LogP contribution in [0.5, 0.6) is 0 Å². The van der Waals surface area contributed by atoms with Crippen LogP contribution in [0.25, 0.3) is 11.0 Å². The number of carbonyl (C=O) groups excluding carboxylic acids is 2. The molecule has 0 aliphatic carbocycles. The molecular weight excluding hydrogens is 310 g/mol. The van der Waals surface area contributed by atoms with E-state index < -0.39 is 17.9 Å². The molecule has 1 unspecified atom stereocenters. The summed E-state index contributed by atoms with van der Waals surface area (Å²) in [5.41, 5.74) is 0.817. The van der Waals surface area contributed by atoms with Crippen LogP contribution in [-0.4, -0.2) is 34.6 Å². The number of nitrogens with one attached hydrogen (secondary N) is 1. The van der Waals surface area contributed by atoms with Gasteiger partial charge in [-0.3, -0.25) is 14.2 Å². The molecule has 1 amide bonds. The Bertz CT molecular complexity index is 798. The molecule has 0 aliphatic rings. The van der Waals surface area contributed by atoms with Gasteiger partial charge in [-0.25, -0.2) is 9.78 Å². The van der Waals surface area contributed by atoms with E-state index in [1.807, 2.05) is 13.8 Å². The molecule has 1 aromatic carbocycles. The average Bonchev–Trinajstić information content (AvgIpc) is 2.55. The van der Waals surface area contributed by atoms with Gasteiger partial charge in [0.25, 0.3) is 5.56 Å². The lowest BCUT2D eigenvalue weighted by molar-refractivity contribution is -0.145. The van der Waals surface area contributed by atoms with Crippen molar-refractivity contribution in [2.45, 2.75) is 32.9 Å². The molecule has 1 aromatic heterocycles. The number of nitrogens with zero attached hydrogens (tertiary/aromatic N) is 2. The number of benzene rings is 1. The first kappa shape index (κ1) is 17.7. The number of hydrogen-bond acceptors (Lipinski definition) is 5. The van der Waals surface area contributed by atoms with Crippen LogP contribution in [-0.2, 0) is 20.9 Å². The van der Waals surface area contributed by atoms with Gasteiger partial charge in [0.05, 0.1) is 24.3 Å². The van der Waals surface area contributed by atoms with Crippen molar-refractivity contribution in [3.63, 3.8) is 0 Å². The monoisotopic (exact) mass is 331 g/mol. The molecule has 1 atom stereocenters. The summed E-state index contributed by atoms with van der Waals surface area (Å²) in [4.78, 5) is 40.2. The highest BCUT2D eigenvalue weighted by Gasteiger charge is 2.23. The first-order chi connectivity index (χ1) is 11.4. The fraction of sp³-hybridized carbons (Fsp3) is 0.412. The lowest BCUT2D eigenvalue weighted by Crippen LogP contribution is -2.44. The van der Waals surface area contributed by atoms with Gasteiger partial charge >= 0.3 is 5.97 Å². The molecule has 0 saturated heterocycles. The summed E-state index contributed by atoms with van der Waals surface area (Å²) in [5.74, 6) is -0.715. The van der Waals surface area contributed by atoms with Gasteiger partial charge in [0, 0.05) is 0 Å². The number of para-hydroxylation sites is 2. The molecule has 0 saturated carbocycles. The molecule has 0 radical (unpaired) electrons. The maximum absolute atomic E-state index is 12.3. The van der Waals surface area contributed by atoms with Crippen LogP contribution in [0, 0.1) is 5.92 Å². The largest absolute Gasteiger partial charge is 0.467 e. The third-order valence-corrected chi connectivity index (χ3v) is 3.58. The maximum Gasteiger partial charge on any atom is 0.328 e. The fourth-order valence-electron chi connectivity index (χ4n) is 2.49. The molecule has 2 aromatic rings. The number of fused-ring (bicyclic) bond motifs is 1. The number of rotatable bonds is 6. The summed E-state index contributed by atoms with van der Waals surface area (Å²) in [6.07, 6.45) is 1.64. The van der Waals surface area contributed by atoms with Gasteiger partial charge < -0.3 is 10.1 Å². The zero-order valence-electron chi connectivity index (χ0n) is 14.0. The van der Waals surface area contributed by atoms with Crippen LogP contribution in [0.1, 0.15) is 20.3 Å². The van der Waals surface area contributed by atoms with Crippen LogP contribution in [0.3, 0.4) is 0 Å². The average molecular weight is 331 g/mol. The number of ether oxygens (including phenoxy) is 1. The van der Waals surface area contributed by atoms with E-state index in [1.54, 1.807) is 24.3 Å². The van der Waals surface area contributed by atoms with Gasteiger partial charge in [-0.15, -0.1) is 0 Å². The number of methoxy groups -OCH3 is 1. The normalized spacial score (nSPS) is 12.2.